The van der Waals surface area contributed by atoms with Crippen LogP contribution in [-0.2, 0) is 0 Å². The van der Waals surface area contributed by atoms with Gasteiger partial charge in [0.15, 0.2) is 0 Å². The highest BCUT2D eigenvalue weighted by Crippen LogP contribution is 2.22. The van der Waals surface area contributed by atoms with E-state index in [1.54, 1.807) is 0 Å². The number of hydrogen-bond donors (Lipinski definition) is 2. The Hall–Kier alpha value is -0.570. The average molecular weight is 227 g/mol. The Morgan fingerprint density at radius 1 is 1.19 bits per heavy atom. The molecular formula is C13H29N3. The fourth-order valence-corrected chi connectivity index (χ4v) is 1.62. The summed E-state index contributed by atoms with van der Waals surface area (Å²) in [7, 11) is 2.19. The number of nitrogens with two attached hydrogens (primary N) is 1. The molecule has 0 atom stereocenters. The summed E-state index contributed by atoms with van der Waals surface area (Å²) in [5.74, 6) is 0.312. The van der Waals surface area contributed by atoms with Crippen molar-refractivity contribution in [2.75, 3.05) is 20.1 Å². The molecule has 0 bridgehead atoms. The maximum Gasteiger partial charge on any atom is 0.0963 e. The first kappa shape index (κ1) is 15.4. The molecule has 0 aliphatic carbocycles. The lowest BCUT2D eigenvalue weighted by molar-refractivity contribution is 0.310. The molecular weight excluding hydrogens is 198 g/mol. The maximum atomic E-state index is 7.48. The first-order chi connectivity index (χ1) is 7.40. The number of rotatable bonds is 9. The molecule has 0 rings (SSSR count). The number of hydrogen-bond acceptors (Lipinski definition) is 2. The fourth-order valence-electron chi connectivity index (χ4n) is 1.62. The van der Waals surface area contributed by atoms with Gasteiger partial charge in [-0.15, -0.1) is 0 Å². The molecule has 0 radical (unpaired) electrons. The Morgan fingerprint density at radius 3 is 2.25 bits per heavy atom. The van der Waals surface area contributed by atoms with Gasteiger partial charge in [0.05, 0.1) is 5.84 Å². The normalized spacial score (nSPS) is 12.1. The minimum atomic E-state index is -0.123. The average Bonchev–Trinajstić information content (AvgIpc) is 2.21. The molecule has 0 heterocycles. The monoisotopic (exact) mass is 227 g/mol. The highest BCUT2D eigenvalue weighted by molar-refractivity contribution is 5.82. The molecule has 0 unspecified atom stereocenters. The van der Waals surface area contributed by atoms with Crippen LogP contribution >= 0.6 is 0 Å². The third kappa shape index (κ3) is 6.83. The Labute approximate surface area is 101 Å². The molecule has 0 aromatic heterocycles. The molecule has 0 fully saturated rings. The Kier molecular flexibility index (Phi) is 7.39. The van der Waals surface area contributed by atoms with Crippen LogP contribution in [0.25, 0.3) is 0 Å². The van der Waals surface area contributed by atoms with Gasteiger partial charge in [-0.25, -0.2) is 0 Å². The second kappa shape index (κ2) is 7.66. The van der Waals surface area contributed by atoms with Gasteiger partial charge < -0.3 is 10.6 Å². The molecule has 0 saturated heterocycles. The molecule has 3 nitrogen and oxygen atoms in total. The summed E-state index contributed by atoms with van der Waals surface area (Å²) in [5, 5.41) is 7.48. The van der Waals surface area contributed by atoms with Crippen LogP contribution in [-0.4, -0.2) is 30.9 Å². The summed E-state index contributed by atoms with van der Waals surface area (Å²) in [6, 6.07) is 0. The van der Waals surface area contributed by atoms with Gasteiger partial charge in [-0.3, -0.25) is 5.41 Å². The smallest absolute Gasteiger partial charge is 0.0963 e. The van der Waals surface area contributed by atoms with Gasteiger partial charge in [-0.2, -0.15) is 0 Å². The summed E-state index contributed by atoms with van der Waals surface area (Å²) < 4.78 is 0. The van der Waals surface area contributed by atoms with Gasteiger partial charge in [0.2, 0.25) is 0 Å². The van der Waals surface area contributed by atoms with Crippen molar-refractivity contribution in [2.24, 2.45) is 11.1 Å². The van der Waals surface area contributed by atoms with Crippen molar-refractivity contribution in [3.05, 3.63) is 0 Å². The van der Waals surface area contributed by atoms with Crippen LogP contribution in [0.5, 0.6) is 0 Å². The zero-order valence-corrected chi connectivity index (χ0v) is 11.5. The van der Waals surface area contributed by atoms with Crippen molar-refractivity contribution in [2.45, 2.75) is 52.9 Å². The Morgan fingerprint density at radius 2 is 1.75 bits per heavy atom. The highest BCUT2D eigenvalue weighted by atomic mass is 15.1. The molecule has 96 valence electrons. The molecule has 0 amide bonds. The van der Waals surface area contributed by atoms with Crippen LogP contribution in [0, 0.1) is 10.8 Å². The second-order valence-electron chi connectivity index (χ2n) is 5.41. The Bertz CT molecular complexity index is 199. The van der Waals surface area contributed by atoms with Gasteiger partial charge in [0, 0.05) is 5.41 Å². The SMILES string of the molecule is CCCCN(C)CCCCC(C)(C)C(=N)N. The topological polar surface area (TPSA) is 53.1 Å². The van der Waals surface area contributed by atoms with Gasteiger partial charge in [-0.1, -0.05) is 33.6 Å². The van der Waals surface area contributed by atoms with Crippen LogP contribution < -0.4 is 5.73 Å². The zero-order valence-electron chi connectivity index (χ0n) is 11.5. The van der Waals surface area contributed by atoms with E-state index in [0.29, 0.717) is 5.84 Å². The molecule has 0 spiro atoms. The summed E-state index contributed by atoms with van der Waals surface area (Å²) in [4.78, 5) is 2.39. The van der Waals surface area contributed by atoms with Crippen LogP contribution in [0.15, 0.2) is 0 Å². The zero-order chi connectivity index (χ0) is 12.6. The van der Waals surface area contributed by atoms with E-state index in [0.717, 1.165) is 19.4 Å². The van der Waals surface area contributed by atoms with E-state index in [9.17, 15) is 0 Å². The lowest BCUT2D eigenvalue weighted by Crippen LogP contribution is -2.31. The second-order valence-corrected chi connectivity index (χ2v) is 5.41. The van der Waals surface area contributed by atoms with E-state index in [2.05, 4.69) is 32.7 Å². The lowest BCUT2D eigenvalue weighted by Gasteiger charge is -2.23. The van der Waals surface area contributed by atoms with Crippen LogP contribution in [0.4, 0.5) is 0 Å². The van der Waals surface area contributed by atoms with Crippen molar-refractivity contribution < 1.29 is 0 Å². The number of nitrogens with one attached hydrogen (secondary N) is 1. The van der Waals surface area contributed by atoms with Crippen molar-refractivity contribution in [1.29, 1.82) is 5.41 Å². The third-order valence-electron chi connectivity index (χ3n) is 3.21. The first-order valence-electron chi connectivity index (χ1n) is 6.43. The van der Waals surface area contributed by atoms with Crippen molar-refractivity contribution in [3.8, 4) is 0 Å². The summed E-state index contributed by atoms with van der Waals surface area (Å²) >= 11 is 0. The third-order valence-corrected chi connectivity index (χ3v) is 3.21. The molecule has 0 aromatic rings. The number of nitrogens with zero attached hydrogens (tertiary/aromatic N) is 1. The van der Waals surface area contributed by atoms with Gasteiger partial charge in [0.25, 0.3) is 0 Å². The van der Waals surface area contributed by atoms with Crippen LogP contribution in [0.3, 0.4) is 0 Å². The summed E-state index contributed by atoms with van der Waals surface area (Å²) in [6.07, 6.45) is 5.93. The van der Waals surface area contributed by atoms with Crippen LogP contribution in [0.2, 0.25) is 0 Å². The van der Waals surface area contributed by atoms with E-state index in [-0.39, 0.29) is 5.41 Å². The highest BCUT2D eigenvalue weighted by Gasteiger charge is 2.20. The molecule has 0 aliphatic heterocycles. The number of unbranched alkanes of at least 4 members (excludes halogenated alkanes) is 2. The molecule has 0 aromatic carbocycles. The van der Waals surface area contributed by atoms with Gasteiger partial charge in [-0.05, 0) is 39.4 Å². The van der Waals surface area contributed by atoms with Crippen molar-refractivity contribution in [3.63, 3.8) is 0 Å². The van der Waals surface area contributed by atoms with Gasteiger partial charge in [0.1, 0.15) is 0 Å². The quantitative estimate of drug-likeness (QED) is 0.361. The van der Waals surface area contributed by atoms with Crippen molar-refractivity contribution in [1.82, 2.24) is 4.90 Å². The molecule has 3 N–H and O–H groups in total. The minimum Gasteiger partial charge on any atom is -0.387 e. The Balaban J connectivity index is 3.56. The first-order valence-corrected chi connectivity index (χ1v) is 6.43. The molecule has 0 aliphatic rings. The largest absolute Gasteiger partial charge is 0.387 e. The minimum absolute atomic E-state index is 0.123. The van der Waals surface area contributed by atoms with E-state index in [4.69, 9.17) is 11.1 Å². The fraction of sp³-hybridized carbons (Fsp3) is 0.923. The molecule has 16 heavy (non-hydrogen) atoms. The van der Waals surface area contributed by atoms with E-state index in [1.165, 1.54) is 25.8 Å². The van der Waals surface area contributed by atoms with E-state index >= 15 is 0 Å². The van der Waals surface area contributed by atoms with Crippen LogP contribution in [0.1, 0.15) is 52.9 Å². The summed E-state index contributed by atoms with van der Waals surface area (Å²) in [6.45, 7) is 8.69. The van der Waals surface area contributed by atoms with E-state index < -0.39 is 0 Å². The summed E-state index contributed by atoms with van der Waals surface area (Å²) in [5.41, 5.74) is 5.43. The standard InChI is InChI=1S/C13H29N3/c1-5-6-10-16(4)11-8-7-9-13(2,3)12(14)15/h5-11H2,1-4H3,(H3,14,15). The van der Waals surface area contributed by atoms with E-state index in [1.807, 2.05) is 0 Å². The van der Waals surface area contributed by atoms with Crippen molar-refractivity contribution >= 4 is 5.84 Å². The number of amidine groups is 1. The predicted octanol–water partition coefficient (Wildman–Crippen LogP) is 2.85. The predicted molar refractivity (Wildman–Crippen MR) is 72.0 cm³/mol. The molecule has 0 saturated carbocycles. The molecule has 3 heteroatoms. The van der Waals surface area contributed by atoms with Gasteiger partial charge >= 0.3 is 0 Å². The lowest BCUT2D eigenvalue weighted by atomic mass is 9.86. The maximum absolute atomic E-state index is 7.48.